The van der Waals surface area contributed by atoms with Gasteiger partial charge in [-0.05, 0) is 109 Å². The number of benzene rings is 10. The van der Waals surface area contributed by atoms with Gasteiger partial charge in [-0.25, -0.2) is 9.97 Å². The number of furan rings is 1. The molecule has 0 saturated carbocycles. The van der Waals surface area contributed by atoms with E-state index < -0.39 is 0 Å². The number of fused-ring (bicyclic) bond motifs is 5. The maximum Gasteiger partial charge on any atom is 0.160 e. The number of nitrogens with zero attached hydrogens (tertiary/aromatic N) is 2. The van der Waals surface area contributed by atoms with Gasteiger partial charge in [-0.1, -0.05) is 200 Å². The van der Waals surface area contributed by atoms with Crippen molar-refractivity contribution in [3.63, 3.8) is 0 Å². The maximum absolute atomic E-state index is 6.47. The predicted molar refractivity (Wildman–Crippen MR) is 270 cm³/mol. The Balaban J connectivity index is 0.997. The molecule has 0 atom stereocenters. The fourth-order valence-corrected chi connectivity index (χ4v) is 9.29. The summed E-state index contributed by atoms with van der Waals surface area (Å²) in [5.74, 6) is 0.703. The van der Waals surface area contributed by atoms with E-state index in [2.05, 4.69) is 206 Å². The van der Waals surface area contributed by atoms with Crippen LogP contribution in [-0.2, 0) is 0 Å². The quantitative estimate of drug-likeness (QED) is 0.153. The van der Waals surface area contributed by atoms with Crippen molar-refractivity contribution in [1.29, 1.82) is 0 Å². The standard InChI is InChI=1S/C62H40N2O/c1-5-16-41(17-6-1)51-38-53(60(46-21-9-3-10-22-46)54(39-51)49-33-34-58-55(37-49)61-52-27-14-13-18-43(52)32-35-59(61)65-58)44-30-28-42(29-31-44)48-25-15-26-50(36-48)57-40-56(45-19-7-2-8-20-45)63-62(64-57)47-23-11-4-12-24-47/h1-40H. The highest BCUT2D eigenvalue weighted by Crippen LogP contribution is 2.45. The highest BCUT2D eigenvalue weighted by molar-refractivity contribution is 6.19. The summed E-state index contributed by atoms with van der Waals surface area (Å²) in [7, 11) is 0. The third-order valence-electron chi connectivity index (χ3n) is 12.5. The Bertz CT molecular complexity index is 3620. The van der Waals surface area contributed by atoms with Crippen LogP contribution in [0.5, 0.6) is 0 Å². The Morgan fingerprint density at radius 1 is 0.277 bits per heavy atom. The van der Waals surface area contributed by atoms with Gasteiger partial charge in [0.15, 0.2) is 5.82 Å². The second-order valence-corrected chi connectivity index (χ2v) is 16.5. The molecule has 0 aliphatic carbocycles. The van der Waals surface area contributed by atoms with Gasteiger partial charge in [-0.2, -0.15) is 0 Å². The van der Waals surface area contributed by atoms with Crippen molar-refractivity contribution < 1.29 is 4.42 Å². The Morgan fingerprint density at radius 2 is 0.800 bits per heavy atom. The van der Waals surface area contributed by atoms with Crippen molar-refractivity contribution in [3.8, 4) is 89.5 Å². The average Bonchev–Trinajstić information content (AvgIpc) is 3.78. The molecule has 0 amide bonds. The summed E-state index contributed by atoms with van der Waals surface area (Å²) in [4.78, 5) is 10.1. The Labute approximate surface area is 377 Å². The van der Waals surface area contributed by atoms with E-state index in [4.69, 9.17) is 14.4 Å². The average molecular weight is 829 g/mol. The molecular weight excluding hydrogens is 789 g/mol. The van der Waals surface area contributed by atoms with E-state index in [1.807, 2.05) is 36.4 Å². The third-order valence-corrected chi connectivity index (χ3v) is 12.5. The number of rotatable bonds is 8. The number of aromatic nitrogens is 2. The molecule has 10 aromatic carbocycles. The van der Waals surface area contributed by atoms with E-state index in [0.29, 0.717) is 5.82 Å². The van der Waals surface area contributed by atoms with Crippen molar-refractivity contribution in [2.24, 2.45) is 0 Å². The van der Waals surface area contributed by atoms with Crippen LogP contribution in [-0.4, -0.2) is 9.97 Å². The van der Waals surface area contributed by atoms with Crippen LogP contribution in [0.4, 0.5) is 0 Å². The molecule has 0 aliphatic heterocycles. The first-order chi connectivity index (χ1) is 32.2. The molecule has 2 aromatic heterocycles. The summed E-state index contributed by atoms with van der Waals surface area (Å²) >= 11 is 0. The van der Waals surface area contributed by atoms with Crippen LogP contribution in [0.1, 0.15) is 0 Å². The van der Waals surface area contributed by atoms with Crippen LogP contribution >= 0.6 is 0 Å². The van der Waals surface area contributed by atoms with Gasteiger partial charge >= 0.3 is 0 Å². The van der Waals surface area contributed by atoms with Crippen LogP contribution in [0.3, 0.4) is 0 Å². The molecule has 0 aliphatic rings. The molecule has 0 fully saturated rings. The van der Waals surface area contributed by atoms with E-state index in [1.165, 1.54) is 27.5 Å². The van der Waals surface area contributed by atoms with Gasteiger partial charge in [0.2, 0.25) is 0 Å². The summed E-state index contributed by atoms with van der Waals surface area (Å²) in [6.45, 7) is 0. The van der Waals surface area contributed by atoms with Crippen LogP contribution in [0.2, 0.25) is 0 Å². The minimum Gasteiger partial charge on any atom is -0.456 e. The molecule has 0 N–H and O–H groups in total. The molecule has 0 radical (unpaired) electrons. The van der Waals surface area contributed by atoms with Gasteiger partial charge < -0.3 is 4.42 Å². The minimum atomic E-state index is 0.703. The van der Waals surface area contributed by atoms with Gasteiger partial charge in [-0.15, -0.1) is 0 Å². The molecule has 0 spiro atoms. The van der Waals surface area contributed by atoms with E-state index >= 15 is 0 Å². The van der Waals surface area contributed by atoms with Gasteiger partial charge in [0, 0.05) is 27.5 Å². The fraction of sp³-hybridized carbons (Fsp3) is 0. The van der Waals surface area contributed by atoms with Gasteiger partial charge in [-0.3, -0.25) is 0 Å². The second kappa shape index (κ2) is 16.2. The molecule has 0 bridgehead atoms. The molecule has 3 heteroatoms. The topological polar surface area (TPSA) is 38.9 Å². The Kier molecular flexibility index (Phi) is 9.50. The highest BCUT2D eigenvalue weighted by atomic mass is 16.3. The fourth-order valence-electron chi connectivity index (χ4n) is 9.29. The van der Waals surface area contributed by atoms with Crippen molar-refractivity contribution in [2.45, 2.75) is 0 Å². The van der Waals surface area contributed by atoms with Crippen LogP contribution < -0.4 is 0 Å². The van der Waals surface area contributed by atoms with E-state index in [1.54, 1.807) is 0 Å². The van der Waals surface area contributed by atoms with E-state index in [-0.39, 0.29) is 0 Å². The first-order valence-electron chi connectivity index (χ1n) is 22.0. The molecule has 0 unspecified atom stereocenters. The first kappa shape index (κ1) is 38.0. The van der Waals surface area contributed by atoms with Crippen molar-refractivity contribution >= 4 is 32.7 Å². The Morgan fingerprint density at radius 3 is 1.52 bits per heavy atom. The third kappa shape index (κ3) is 7.16. The van der Waals surface area contributed by atoms with Gasteiger partial charge in [0.05, 0.1) is 11.4 Å². The lowest BCUT2D eigenvalue weighted by molar-refractivity contribution is 0.669. The van der Waals surface area contributed by atoms with Gasteiger partial charge in [0.1, 0.15) is 11.2 Å². The zero-order valence-electron chi connectivity index (χ0n) is 35.4. The summed E-state index contributed by atoms with van der Waals surface area (Å²) in [5.41, 5.74) is 18.1. The second-order valence-electron chi connectivity index (χ2n) is 16.5. The smallest absolute Gasteiger partial charge is 0.160 e. The molecule has 0 saturated heterocycles. The lowest BCUT2D eigenvalue weighted by atomic mass is 9.84. The zero-order chi connectivity index (χ0) is 43.1. The summed E-state index contributed by atoms with van der Waals surface area (Å²) in [6, 6.07) is 86.1. The summed E-state index contributed by atoms with van der Waals surface area (Å²) < 4.78 is 6.47. The van der Waals surface area contributed by atoms with Crippen LogP contribution in [0.25, 0.3) is 122 Å². The number of hydrogen-bond donors (Lipinski definition) is 0. The Hall–Kier alpha value is -8.66. The lowest BCUT2D eigenvalue weighted by Gasteiger charge is -2.19. The summed E-state index contributed by atoms with van der Waals surface area (Å²) in [5, 5.41) is 4.65. The van der Waals surface area contributed by atoms with E-state index in [9.17, 15) is 0 Å². The molecule has 3 nitrogen and oxygen atoms in total. The molecule has 304 valence electrons. The normalized spacial score (nSPS) is 11.4. The summed E-state index contributed by atoms with van der Waals surface area (Å²) in [6.07, 6.45) is 0. The molecule has 65 heavy (non-hydrogen) atoms. The maximum atomic E-state index is 6.47. The highest BCUT2D eigenvalue weighted by Gasteiger charge is 2.20. The van der Waals surface area contributed by atoms with Crippen molar-refractivity contribution in [3.05, 3.63) is 243 Å². The predicted octanol–water partition coefficient (Wildman–Crippen LogP) is 16.9. The molecular formula is C62H40N2O. The zero-order valence-corrected chi connectivity index (χ0v) is 35.4. The largest absolute Gasteiger partial charge is 0.456 e. The monoisotopic (exact) mass is 828 g/mol. The first-order valence-corrected chi connectivity index (χ1v) is 22.0. The van der Waals surface area contributed by atoms with Crippen molar-refractivity contribution in [2.75, 3.05) is 0 Å². The molecule has 12 aromatic rings. The van der Waals surface area contributed by atoms with Crippen LogP contribution in [0, 0.1) is 0 Å². The molecule has 2 heterocycles. The molecule has 12 rings (SSSR count). The SMILES string of the molecule is c1ccc(-c2cc(-c3ccc(-c4cccc(-c5cc(-c6ccccc6)nc(-c6ccccc6)n5)c4)cc3)c(-c3ccccc3)c(-c3ccc4oc5ccc6ccccc6c5c4c3)c2)cc1. The lowest BCUT2D eigenvalue weighted by Crippen LogP contribution is -1.96. The van der Waals surface area contributed by atoms with Crippen LogP contribution in [0.15, 0.2) is 247 Å². The number of hydrogen-bond acceptors (Lipinski definition) is 3. The van der Waals surface area contributed by atoms with Crippen molar-refractivity contribution in [1.82, 2.24) is 9.97 Å². The van der Waals surface area contributed by atoms with Gasteiger partial charge in [0.25, 0.3) is 0 Å². The van der Waals surface area contributed by atoms with E-state index in [0.717, 1.165) is 89.0 Å². The minimum absolute atomic E-state index is 0.703.